The number of benzene rings is 1. The number of hydrogen-bond donors (Lipinski definition) is 1. The van der Waals surface area contributed by atoms with Crippen LogP contribution >= 0.6 is 0 Å². The first-order valence-corrected chi connectivity index (χ1v) is 5.61. The van der Waals surface area contributed by atoms with Crippen LogP contribution in [0.5, 0.6) is 0 Å². The Kier molecular flexibility index (Phi) is 4.50. The molecule has 0 aliphatic heterocycles. The van der Waals surface area contributed by atoms with Gasteiger partial charge in [0.15, 0.2) is 0 Å². The van der Waals surface area contributed by atoms with E-state index >= 15 is 0 Å². The Balaban J connectivity index is 3.35. The van der Waals surface area contributed by atoms with Crippen molar-refractivity contribution in [3.05, 3.63) is 34.9 Å². The summed E-state index contributed by atoms with van der Waals surface area (Å²) in [4.78, 5) is 0. The molecule has 108 valence electrons. The highest BCUT2D eigenvalue weighted by atomic mass is 19.4. The van der Waals surface area contributed by atoms with Crippen molar-refractivity contribution in [3.63, 3.8) is 0 Å². The van der Waals surface area contributed by atoms with E-state index in [0.717, 1.165) is 0 Å². The van der Waals surface area contributed by atoms with E-state index in [1.165, 1.54) is 0 Å². The molecule has 1 aromatic carbocycles. The zero-order valence-corrected chi connectivity index (χ0v) is 10.1. The van der Waals surface area contributed by atoms with Crippen LogP contribution in [0.1, 0.15) is 42.5 Å². The third-order valence-corrected chi connectivity index (χ3v) is 2.68. The monoisotopic (exact) mass is 285 g/mol. The van der Waals surface area contributed by atoms with Crippen molar-refractivity contribution in [3.8, 4) is 0 Å². The zero-order valence-electron chi connectivity index (χ0n) is 10.1. The summed E-state index contributed by atoms with van der Waals surface area (Å²) in [6.07, 6.45) is -8.74. The van der Waals surface area contributed by atoms with Crippen LogP contribution in [0.3, 0.4) is 0 Å². The number of alkyl halides is 6. The van der Waals surface area contributed by atoms with E-state index in [1.54, 1.807) is 6.92 Å². The lowest BCUT2D eigenvalue weighted by molar-refractivity contribution is -0.142. The van der Waals surface area contributed by atoms with Gasteiger partial charge in [-0.25, -0.2) is 0 Å². The second kappa shape index (κ2) is 5.40. The Morgan fingerprint density at radius 3 is 2.05 bits per heavy atom. The molecule has 0 aromatic heterocycles. The van der Waals surface area contributed by atoms with Gasteiger partial charge in [0.25, 0.3) is 0 Å². The molecule has 2 N–H and O–H groups in total. The molecule has 0 spiro atoms. The van der Waals surface area contributed by atoms with Gasteiger partial charge in [-0.1, -0.05) is 13.3 Å². The fourth-order valence-corrected chi connectivity index (χ4v) is 1.77. The summed E-state index contributed by atoms with van der Waals surface area (Å²) >= 11 is 0. The van der Waals surface area contributed by atoms with Crippen molar-refractivity contribution in [2.24, 2.45) is 5.73 Å². The number of hydrogen-bond acceptors (Lipinski definition) is 1. The minimum Gasteiger partial charge on any atom is -0.324 e. The summed E-state index contributed by atoms with van der Waals surface area (Å²) in [7, 11) is 0. The molecule has 0 saturated carbocycles. The number of halogens is 6. The molecule has 1 rings (SSSR count). The molecular weight excluding hydrogens is 272 g/mol. The molecule has 0 amide bonds. The van der Waals surface area contributed by atoms with Crippen LogP contribution < -0.4 is 5.73 Å². The lowest BCUT2D eigenvalue weighted by atomic mass is 9.95. The Hall–Kier alpha value is -1.24. The van der Waals surface area contributed by atoms with E-state index in [2.05, 4.69) is 0 Å². The van der Waals surface area contributed by atoms with Crippen LogP contribution in [0.2, 0.25) is 0 Å². The lowest BCUT2D eigenvalue weighted by Crippen LogP contribution is -2.19. The molecule has 0 saturated heterocycles. The molecule has 7 heteroatoms. The normalized spacial score (nSPS) is 14.5. The third-order valence-electron chi connectivity index (χ3n) is 2.68. The molecule has 19 heavy (non-hydrogen) atoms. The maximum absolute atomic E-state index is 12.7. The smallest absolute Gasteiger partial charge is 0.324 e. The first-order chi connectivity index (χ1) is 8.57. The third kappa shape index (κ3) is 3.86. The van der Waals surface area contributed by atoms with Crippen molar-refractivity contribution >= 4 is 0 Å². The zero-order chi connectivity index (χ0) is 14.8. The van der Waals surface area contributed by atoms with Gasteiger partial charge in [0, 0.05) is 6.04 Å². The maximum Gasteiger partial charge on any atom is 0.416 e. The van der Waals surface area contributed by atoms with Crippen LogP contribution in [0.25, 0.3) is 0 Å². The van der Waals surface area contributed by atoms with Gasteiger partial charge in [-0.15, -0.1) is 0 Å². The highest BCUT2D eigenvalue weighted by Gasteiger charge is 2.37. The van der Waals surface area contributed by atoms with Crippen LogP contribution in [0.4, 0.5) is 26.3 Å². The second-order valence-electron chi connectivity index (χ2n) is 4.19. The van der Waals surface area contributed by atoms with Gasteiger partial charge in [-0.3, -0.25) is 0 Å². The molecule has 0 aliphatic carbocycles. The quantitative estimate of drug-likeness (QED) is 0.812. The maximum atomic E-state index is 12.7. The van der Waals surface area contributed by atoms with Gasteiger partial charge in [-0.05, 0) is 30.2 Å². The van der Waals surface area contributed by atoms with E-state index in [0.29, 0.717) is 24.6 Å². The predicted octanol–water partition coefficient (Wildman–Crippen LogP) is 4.52. The fraction of sp³-hybridized carbons (Fsp3) is 0.500. The van der Waals surface area contributed by atoms with E-state index in [-0.39, 0.29) is 6.42 Å². The Morgan fingerprint density at radius 2 is 1.63 bits per heavy atom. The van der Waals surface area contributed by atoms with Gasteiger partial charge in [0.1, 0.15) is 0 Å². The van der Waals surface area contributed by atoms with Crippen molar-refractivity contribution in [2.75, 3.05) is 0 Å². The Bertz CT molecular complexity index is 435. The first-order valence-electron chi connectivity index (χ1n) is 5.61. The average molecular weight is 285 g/mol. The summed E-state index contributed by atoms with van der Waals surface area (Å²) in [5, 5.41) is 0. The first kappa shape index (κ1) is 15.8. The highest BCUT2D eigenvalue weighted by molar-refractivity contribution is 5.37. The lowest BCUT2D eigenvalue weighted by Gasteiger charge is -2.20. The summed E-state index contributed by atoms with van der Waals surface area (Å²) in [5.41, 5.74) is 2.80. The standard InChI is InChI=1S/C12H13F6N/c1-2-3-10(19)8-6-7(11(13,14)15)4-5-9(8)12(16,17)18/h4-6,10H,2-3,19H2,1H3/t10-/m0/s1. The van der Waals surface area contributed by atoms with Gasteiger partial charge in [0.05, 0.1) is 11.1 Å². The van der Waals surface area contributed by atoms with E-state index in [1.807, 2.05) is 0 Å². The molecule has 1 atom stereocenters. The molecule has 0 heterocycles. The molecule has 0 fully saturated rings. The molecule has 0 unspecified atom stereocenters. The van der Waals surface area contributed by atoms with E-state index in [9.17, 15) is 26.3 Å². The van der Waals surface area contributed by atoms with Crippen LogP contribution in [0, 0.1) is 0 Å². The summed E-state index contributed by atoms with van der Waals surface area (Å²) in [6.45, 7) is 1.70. The van der Waals surface area contributed by atoms with Crippen LogP contribution in [-0.2, 0) is 12.4 Å². The van der Waals surface area contributed by atoms with Crippen molar-refractivity contribution in [2.45, 2.75) is 38.2 Å². The van der Waals surface area contributed by atoms with Gasteiger partial charge in [0.2, 0.25) is 0 Å². The highest BCUT2D eigenvalue weighted by Crippen LogP contribution is 2.38. The van der Waals surface area contributed by atoms with Crippen molar-refractivity contribution in [1.82, 2.24) is 0 Å². The minimum atomic E-state index is -4.72. The number of nitrogens with two attached hydrogens (primary N) is 1. The summed E-state index contributed by atoms with van der Waals surface area (Å²) in [5.74, 6) is 0. The molecule has 0 aliphatic rings. The fourth-order valence-electron chi connectivity index (χ4n) is 1.77. The van der Waals surface area contributed by atoms with Gasteiger partial charge < -0.3 is 5.73 Å². The molecule has 0 radical (unpaired) electrons. The topological polar surface area (TPSA) is 26.0 Å². The van der Waals surface area contributed by atoms with Crippen molar-refractivity contribution in [1.29, 1.82) is 0 Å². The largest absolute Gasteiger partial charge is 0.416 e. The SMILES string of the molecule is CCC[C@H](N)c1cc(C(F)(F)F)ccc1C(F)(F)F. The second-order valence-corrected chi connectivity index (χ2v) is 4.19. The molecule has 0 bridgehead atoms. The summed E-state index contributed by atoms with van der Waals surface area (Å²) < 4.78 is 75.8. The molecule has 1 nitrogen and oxygen atoms in total. The van der Waals surface area contributed by atoms with Gasteiger partial charge in [-0.2, -0.15) is 26.3 Å². The number of rotatable bonds is 3. The van der Waals surface area contributed by atoms with E-state index < -0.39 is 35.1 Å². The predicted molar refractivity (Wildman–Crippen MR) is 58.3 cm³/mol. The molecule has 1 aromatic rings. The van der Waals surface area contributed by atoms with Gasteiger partial charge >= 0.3 is 12.4 Å². The Morgan fingerprint density at radius 1 is 1.05 bits per heavy atom. The average Bonchev–Trinajstić information content (AvgIpc) is 2.26. The molecular formula is C12H13F6N. The van der Waals surface area contributed by atoms with E-state index in [4.69, 9.17) is 5.73 Å². The van der Waals surface area contributed by atoms with Crippen LogP contribution in [-0.4, -0.2) is 0 Å². The summed E-state index contributed by atoms with van der Waals surface area (Å²) in [6, 6.07) is 0.283. The van der Waals surface area contributed by atoms with Crippen LogP contribution in [0.15, 0.2) is 18.2 Å². The minimum absolute atomic E-state index is 0.185. The van der Waals surface area contributed by atoms with Crippen molar-refractivity contribution < 1.29 is 26.3 Å². The Labute approximate surface area is 106 Å².